The molecule has 0 N–H and O–H groups in total. The summed E-state index contributed by atoms with van der Waals surface area (Å²) < 4.78 is 10.7. The molecule has 0 aromatic rings. The van der Waals surface area contributed by atoms with Crippen LogP contribution in [0.15, 0.2) is 12.7 Å². The van der Waals surface area contributed by atoms with E-state index in [1.54, 1.807) is 11.8 Å². The molecule has 124 valence electrons. The highest BCUT2D eigenvalue weighted by Gasteiger charge is 2.18. The van der Waals surface area contributed by atoms with Crippen LogP contribution in [0.1, 0.15) is 46.5 Å². The van der Waals surface area contributed by atoms with Crippen molar-refractivity contribution in [1.82, 2.24) is 0 Å². The Balaban J connectivity index is 3.46. The molecule has 0 bridgehead atoms. The maximum Gasteiger partial charge on any atom is 0.330 e. The molecule has 0 aliphatic carbocycles. The lowest BCUT2D eigenvalue weighted by molar-refractivity contribution is -0.137. The van der Waals surface area contributed by atoms with E-state index in [2.05, 4.69) is 27.4 Å². The van der Waals surface area contributed by atoms with Gasteiger partial charge in [-0.2, -0.15) is 0 Å². The van der Waals surface area contributed by atoms with Crippen LogP contribution in [0, 0.1) is 0 Å². The highest BCUT2D eigenvalue weighted by atomic mass is 32.2. The Kier molecular flexibility index (Phi) is 13.4. The second-order valence-electron chi connectivity index (χ2n) is 5.14. The lowest BCUT2D eigenvalue weighted by atomic mass is 10.2. The molecule has 0 aromatic heterocycles. The number of ether oxygens (including phenoxy) is 2. The van der Waals surface area contributed by atoms with Gasteiger partial charge in [0.1, 0.15) is 6.61 Å². The highest BCUT2D eigenvalue weighted by molar-refractivity contribution is 8.18. The standard InChI is InChI=1S/C16H30O3S2/c1-5-7-8-9-10-18-11-13-20-16(3,4)21-14-12-19-15(17)6-2/h6H,2,5,7-14H2,1,3-4H3. The zero-order valence-electron chi connectivity index (χ0n) is 13.7. The molecular formula is C16H30O3S2. The molecule has 0 aliphatic rings. The van der Waals surface area contributed by atoms with E-state index in [4.69, 9.17) is 9.47 Å². The topological polar surface area (TPSA) is 35.5 Å². The number of hydrogen-bond acceptors (Lipinski definition) is 5. The van der Waals surface area contributed by atoms with Crippen LogP contribution < -0.4 is 0 Å². The fourth-order valence-corrected chi connectivity index (χ4v) is 3.79. The fourth-order valence-electron chi connectivity index (χ4n) is 1.61. The van der Waals surface area contributed by atoms with Crippen LogP contribution in [0.25, 0.3) is 0 Å². The molecule has 0 fully saturated rings. The van der Waals surface area contributed by atoms with Gasteiger partial charge in [0, 0.05) is 24.2 Å². The molecular weight excluding hydrogens is 304 g/mol. The van der Waals surface area contributed by atoms with Gasteiger partial charge in [0.05, 0.1) is 10.7 Å². The summed E-state index contributed by atoms with van der Waals surface area (Å²) in [4.78, 5) is 10.9. The number of carbonyl (C=O) groups excluding carboxylic acids is 1. The number of hydrogen-bond donors (Lipinski definition) is 0. The second kappa shape index (κ2) is 13.5. The SMILES string of the molecule is C=CC(=O)OCCSC(C)(C)SCCOCCCCCC. The van der Waals surface area contributed by atoms with Crippen molar-refractivity contribution < 1.29 is 14.3 Å². The molecule has 0 saturated heterocycles. The molecule has 0 atom stereocenters. The van der Waals surface area contributed by atoms with Crippen LogP contribution in [0.3, 0.4) is 0 Å². The Morgan fingerprint density at radius 1 is 1.10 bits per heavy atom. The maximum atomic E-state index is 10.9. The van der Waals surface area contributed by atoms with Gasteiger partial charge in [0.25, 0.3) is 0 Å². The third kappa shape index (κ3) is 14.6. The number of rotatable bonds is 14. The molecule has 0 unspecified atom stereocenters. The highest BCUT2D eigenvalue weighted by Crippen LogP contribution is 2.35. The fraction of sp³-hybridized carbons (Fsp3) is 0.812. The largest absolute Gasteiger partial charge is 0.462 e. The molecule has 0 radical (unpaired) electrons. The third-order valence-electron chi connectivity index (χ3n) is 2.76. The van der Waals surface area contributed by atoms with E-state index in [0.717, 1.165) is 24.7 Å². The Bertz CT molecular complexity index is 281. The van der Waals surface area contributed by atoms with Crippen molar-refractivity contribution in [2.45, 2.75) is 50.5 Å². The van der Waals surface area contributed by atoms with Crippen LogP contribution in [-0.4, -0.2) is 41.4 Å². The molecule has 0 aromatic carbocycles. The predicted octanol–water partition coefficient (Wildman–Crippen LogP) is 4.52. The Hall–Kier alpha value is -0.130. The molecule has 0 aliphatic heterocycles. The Morgan fingerprint density at radius 2 is 1.76 bits per heavy atom. The summed E-state index contributed by atoms with van der Waals surface area (Å²) in [6.45, 7) is 12.1. The lowest BCUT2D eigenvalue weighted by Crippen LogP contribution is -2.15. The number of esters is 1. The molecule has 3 nitrogen and oxygen atoms in total. The molecule has 0 amide bonds. The summed E-state index contributed by atoms with van der Waals surface area (Å²) in [5.74, 6) is 1.45. The van der Waals surface area contributed by atoms with Crippen molar-refractivity contribution in [3.05, 3.63) is 12.7 Å². The molecule has 0 rings (SSSR count). The van der Waals surface area contributed by atoms with Gasteiger partial charge < -0.3 is 9.47 Å². The van der Waals surface area contributed by atoms with Gasteiger partial charge in [-0.25, -0.2) is 4.79 Å². The summed E-state index contributed by atoms with van der Waals surface area (Å²) in [5.41, 5.74) is 0. The summed E-state index contributed by atoms with van der Waals surface area (Å²) in [6, 6.07) is 0. The zero-order valence-corrected chi connectivity index (χ0v) is 15.3. The van der Waals surface area contributed by atoms with Gasteiger partial charge in [-0.3, -0.25) is 0 Å². The number of carbonyl (C=O) groups is 1. The van der Waals surface area contributed by atoms with Crippen molar-refractivity contribution in [2.75, 3.05) is 31.3 Å². The second-order valence-corrected chi connectivity index (χ2v) is 8.83. The number of thioether (sulfide) groups is 2. The molecule has 0 saturated carbocycles. The van der Waals surface area contributed by atoms with Crippen molar-refractivity contribution in [3.8, 4) is 0 Å². The molecule has 5 heteroatoms. The lowest BCUT2D eigenvalue weighted by Gasteiger charge is -2.23. The maximum absolute atomic E-state index is 10.9. The van der Waals surface area contributed by atoms with Crippen LogP contribution in [0.4, 0.5) is 0 Å². The Morgan fingerprint density at radius 3 is 2.38 bits per heavy atom. The van der Waals surface area contributed by atoms with E-state index in [-0.39, 0.29) is 10.0 Å². The van der Waals surface area contributed by atoms with Crippen molar-refractivity contribution in [1.29, 1.82) is 0 Å². The van der Waals surface area contributed by atoms with Gasteiger partial charge >= 0.3 is 5.97 Å². The van der Waals surface area contributed by atoms with Crippen LogP contribution in [-0.2, 0) is 14.3 Å². The van der Waals surface area contributed by atoms with E-state index in [1.165, 1.54) is 31.8 Å². The minimum absolute atomic E-state index is 0.117. The molecule has 21 heavy (non-hydrogen) atoms. The van der Waals surface area contributed by atoms with Crippen molar-refractivity contribution in [3.63, 3.8) is 0 Å². The quantitative estimate of drug-likeness (QED) is 0.202. The van der Waals surface area contributed by atoms with E-state index in [1.807, 2.05) is 11.8 Å². The summed E-state index contributed by atoms with van der Waals surface area (Å²) in [7, 11) is 0. The average Bonchev–Trinajstić information content (AvgIpc) is 2.46. The van der Waals surface area contributed by atoms with Gasteiger partial charge in [-0.15, -0.1) is 23.5 Å². The first-order chi connectivity index (χ1) is 10.0. The average molecular weight is 335 g/mol. The van der Waals surface area contributed by atoms with Crippen LogP contribution in [0.2, 0.25) is 0 Å². The van der Waals surface area contributed by atoms with Gasteiger partial charge in [0.2, 0.25) is 0 Å². The van der Waals surface area contributed by atoms with E-state index in [0.29, 0.717) is 6.61 Å². The predicted molar refractivity (Wildman–Crippen MR) is 95.1 cm³/mol. The summed E-state index contributed by atoms with van der Waals surface area (Å²) in [5, 5.41) is 0. The third-order valence-corrected chi connectivity index (χ3v) is 5.60. The monoisotopic (exact) mass is 334 g/mol. The molecule has 0 heterocycles. The van der Waals surface area contributed by atoms with Crippen LogP contribution >= 0.6 is 23.5 Å². The van der Waals surface area contributed by atoms with Crippen LogP contribution in [0.5, 0.6) is 0 Å². The van der Waals surface area contributed by atoms with Gasteiger partial charge in [-0.1, -0.05) is 32.8 Å². The van der Waals surface area contributed by atoms with E-state index in [9.17, 15) is 4.79 Å². The smallest absolute Gasteiger partial charge is 0.330 e. The zero-order chi connectivity index (χ0) is 16.0. The minimum atomic E-state index is -0.350. The number of unbranched alkanes of at least 4 members (excludes halogenated alkanes) is 3. The van der Waals surface area contributed by atoms with Gasteiger partial charge in [0.15, 0.2) is 0 Å². The van der Waals surface area contributed by atoms with E-state index < -0.39 is 0 Å². The van der Waals surface area contributed by atoms with Crippen molar-refractivity contribution >= 4 is 29.5 Å². The van der Waals surface area contributed by atoms with E-state index >= 15 is 0 Å². The van der Waals surface area contributed by atoms with Crippen molar-refractivity contribution in [2.24, 2.45) is 0 Å². The Labute approximate surface area is 138 Å². The molecule has 0 spiro atoms. The first kappa shape index (κ1) is 20.9. The summed E-state index contributed by atoms with van der Waals surface area (Å²) >= 11 is 3.69. The summed E-state index contributed by atoms with van der Waals surface area (Å²) in [6.07, 6.45) is 6.21. The van der Waals surface area contributed by atoms with Gasteiger partial charge in [-0.05, 0) is 20.3 Å². The first-order valence-corrected chi connectivity index (χ1v) is 9.64. The normalized spacial score (nSPS) is 11.4. The minimum Gasteiger partial charge on any atom is -0.462 e. The first-order valence-electron chi connectivity index (χ1n) is 7.66.